The average molecular weight is 274 g/mol. The smallest absolute Gasteiger partial charge is 0.252 e. The summed E-state index contributed by atoms with van der Waals surface area (Å²) in [6, 6.07) is 5.10. The highest BCUT2D eigenvalue weighted by Crippen LogP contribution is 2.14. The minimum absolute atomic E-state index is 0.245. The minimum Gasteiger partial charge on any atom is -0.384 e. The summed E-state index contributed by atoms with van der Waals surface area (Å²) in [6.45, 7) is 4.59. The van der Waals surface area contributed by atoms with E-state index >= 15 is 0 Å². The number of hydrogen-bond acceptors (Lipinski definition) is 3. The Kier molecular flexibility index (Phi) is 4.89. The van der Waals surface area contributed by atoms with Crippen LogP contribution in [0.5, 0.6) is 0 Å². The molecule has 0 aliphatic rings. The summed E-state index contributed by atoms with van der Waals surface area (Å²) in [5, 5.41) is 11.3. The summed E-state index contributed by atoms with van der Waals surface area (Å²) < 4.78 is 0. The summed E-state index contributed by atoms with van der Waals surface area (Å²) in [5.41, 5.74) is 5.86. The Bertz CT molecular complexity index is 595. The number of nitrogens with two attached hydrogens (primary N) is 1. The second-order valence-electron chi connectivity index (χ2n) is 4.88. The zero-order valence-electron chi connectivity index (χ0n) is 11.8. The average Bonchev–Trinajstić information content (AvgIpc) is 2.36. The Hall–Kier alpha value is -2.32. The fourth-order valence-electron chi connectivity index (χ4n) is 1.56. The van der Waals surface area contributed by atoms with Gasteiger partial charge in [-0.3, -0.25) is 9.59 Å². The molecule has 0 atom stereocenters. The van der Waals surface area contributed by atoms with Crippen LogP contribution in [0.25, 0.3) is 0 Å². The van der Waals surface area contributed by atoms with Gasteiger partial charge < -0.3 is 16.2 Å². The number of rotatable bonds is 3. The Labute approximate surface area is 118 Å². The van der Waals surface area contributed by atoms with Gasteiger partial charge in [0.2, 0.25) is 5.91 Å². The van der Waals surface area contributed by atoms with Gasteiger partial charge in [-0.15, -0.1) is 0 Å². The van der Waals surface area contributed by atoms with Crippen molar-refractivity contribution in [2.24, 2.45) is 5.73 Å². The van der Waals surface area contributed by atoms with Crippen molar-refractivity contribution < 1.29 is 14.7 Å². The molecule has 0 radical (unpaired) electrons. The van der Waals surface area contributed by atoms with E-state index in [1.165, 1.54) is 13.8 Å². The van der Waals surface area contributed by atoms with E-state index in [1.54, 1.807) is 25.1 Å². The Morgan fingerprint density at radius 1 is 1.40 bits per heavy atom. The maximum absolute atomic E-state index is 12.2. The van der Waals surface area contributed by atoms with Crippen LogP contribution in [0.4, 0.5) is 0 Å². The van der Waals surface area contributed by atoms with Crippen LogP contribution in [-0.2, 0) is 4.79 Å². The van der Waals surface area contributed by atoms with Crippen LogP contribution in [0.2, 0.25) is 0 Å². The van der Waals surface area contributed by atoms with Crippen LogP contribution in [0, 0.1) is 18.8 Å². The third-order valence-corrected chi connectivity index (χ3v) is 2.92. The van der Waals surface area contributed by atoms with Gasteiger partial charge in [-0.1, -0.05) is 17.9 Å². The van der Waals surface area contributed by atoms with Gasteiger partial charge in [0, 0.05) is 11.1 Å². The second-order valence-corrected chi connectivity index (χ2v) is 4.88. The molecule has 0 bridgehead atoms. The fraction of sp³-hybridized carbons (Fsp3) is 0.333. The van der Waals surface area contributed by atoms with Gasteiger partial charge in [-0.2, -0.15) is 0 Å². The molecular formula is C15H18N2O3. The molecule has 0 aliphatic carbocycles. The van der Waals surface area contributed by atoms with Gasteiger partial charge in [0.15, 0.2) is 0 Å². The summed E-state index contributed by atoms with van der Waals surface area (Å²) in [7, 11) is 0. The first-order valence-corrected chi connectivity index (χ1v) is 6.11. The highest BCUT2D eigenvalue weighted by atomic mass is 16.2. The van der Waals surface area contributed by atoms with Crippen molar-refractivity contribution in [3.63, 3.8) is 0 Å². The van der Waals surface area contributed by atoms with E-state index in [1.807, 2.05) is 0 Å². The number of primary amides is 1. The number of carbonyl (C=O) groups is 2. The van der Waals surface area contributed by atoms with E-state index in [9.17, 15) is 9.59 Å². The first kappa shape index (κ1) is 15.7. The molecule has 1 aromatic rings. The van der Waals surface area contributed by atoms with Crippen molar-refractivity contribution in [3.8, 4) is 11.8 Å². The normalized spacial score (nSPS) is 10.4. The van der Waals surface area contributed by atoms with E-state index in [0.29, 0.717) is 16.7 Å². The van der Waals surface area contributed by atoms with E-state index in [4.69, 9.17) is 10.8 Å². The third kappa shape index (κ3) is 3.59. The summed E-state index contributed by atoms with van der Waals surface area (Å²) >= 11 is 0. The highest BCUT2D eigenvalue weighted by Gasteiger charge is 2.27. The summed E-state index contributed by atoms with van der Waals surface area (Å²) in [6.07, 6.45) is 0. The Morgan fingerprint density at radius 3 is 2.60 bits per heavy atom. The van der Waals surface area contributed by atoms with Gasteiger partial charge in [-0.25, -0.2) is 0 Å². The van der Waals surface area contributed by atoms with Crippen LogP contribution in [0.1, 0.15) is 35.3 Å². The van der Waals surface area contributed by atoms with Crippen molar-refractivity contribution in [3.05, 3.63) is 34.9 Å². The molecule has 0 saturated carbocycles. The SMILES string of the molecule is Cc1c(C#CCO)cccc1C(=O)NC(C)(C)C(N)=O. The van der Waals surface area contributed by atoms with Gasteiger partial charge in [0.1, 0.15) is 12.1 Å². The van der Waals surface area contributed by atoms with Crippen molar-refractivity contribution >= 4 is 11.8 Å². The van der Waals surface area contributed by atoms with E-state index in [2.05, 4.69) is 17.2 Å². The number of hydrogen-bond donors (Lipinski definition) is 3. The highest BCUT2D eigenvalue weighted by molar-refractivity contribution is 6.00. The third-order valence-electron chi connectivity index (χ3n) is 2.92. The Balaban J connectivity index is 3.09. The number of amides is 2. The number of carbonyl (C=O) groups excluding carboxylic acids is 2. The predicted molar refractivity (Wildman–Crippen MR) is 75.9 cm³/mol. The maximum atomic E-state index is 12.2. The lowest BCUT2D eigenvalue weighted by atomic mass is 9.99. The lowest BCUT2D eigenvalue weighted by Crippen LogP contribution is -2.53. The molecule has 0 aromatic heterocycles. The molecule has 0 aliphatic heterocycles. The van der Waals surface area contributed by atoms with Crippen LogP contribution < -0.4 is 11.1 Å². The van der Waals surface area contributed by atoms with Gasteiger partial charge >= 0.3 is 0 Å². The van der Waals surface area contributed by atoms with E-state index in [0.717, 1.165) is 0 Å². The van der Waals surface area contributed by atoms with Crippen LogP contribution in [-0.4, -0.2) is 29.1 Å². The van der Waals surface area contributed by atoms with Crippen LogP contribution in [0.3, 0.4) is 0 Å². The molecule has 5 heteroatoms. The van der Waals surface area contributed by atoms with Gasteiger partial charge in [0.25, 0.3) is 5.91 Å². The molecular weight excluding hydrogens is 256 g/mol. The molecule has 106 valence electrons. The van der Waals surface area contributed by atoms with E-state index in [-0.39, 0.29) is 12.5 Å². The summed E-state index contributed by atoms with van der Waals surface area (Å²) in [5.74, 6) is 4.31. The topological polar surface area (TPSA) is 92.4 Å². The zero-order valence-corrected chi connectivity index (χ0v) is 11.8. The monoisotopic (exact) mass is 274 g/mol. The lowest BCUT2D eigenvalue weighted by Gasteiger charge is -2.22. The molecule has 1 aromatic carbocycles. The Morgan fingerprint density at radius 2 is 2.05 bits per heavy atom. The molecule has 0 fully saturated rings. The number of nitrogens with one attached hydrogen (secondary N) is 1. The number of aliphatic hydroxyl groups is 1. The molecule has 0 spiro atoms. The van der Waals surface area contributed by atoms with Gasteiger partial charge in [0.05, 0.1) is 0 Å². The molecule has 0 saturated heterocycles. The zero-order chi connectivity index (χ0) is 15.3. The fourth-order valence-corrected chi connectivity index (χ4v) is 1.56. The molecule has 2 amide bonds. The predicted octanol–water partition coefficient (Wildman–Crippen LogP) is 0.333. The standard InChI is InChI=1S/C15H18N2O3/c1-10-11(7-5-9-18)6-4-8-12(10)13(19)17-15(2,3)14(16)20/h4,6,8,18H,9H2,1-3H3,(H2,16,20)(H,17,19). The van der Waals surface area contributed by atoms with Gasteiger partial charge in [-0.05, 0) is 38.5 Å². The van der Waals surface area contributed by atoms with Crippen molar-refractivity contribution in [2.45, 2.75) is 26.3 Å². The number of aliphatic hydroxyl groups excluding tert-OH is 1. The molecule has 5 nitrogen and oxygen atoms in total. The summed E-state index contributed by atoms with van der Waals surface area (Å²) in [4.78, 5) is 23.4. The lowest BCUT2D eigenvalue weighted by molar-refractivity contribution is -0.122. The first-order valence-electron chi connectivity index (χ1n) is 6.11. The van der Waals surface area contributed by atoms with Crippen molar-refractivity contribution in [1.29, 1.82) is 0 Å². The number of benzene rings is 1. The maximum Gasteiger partial charge on any atom is 0.252 e. The molecule has 1 rings (SSSR count). The van der Waals surface area contributed by atoms with E-state index < -0.39 is 11.4 Å². The molecule has 0 heterocycles. The molecule has 0 unspecified atom stereocenters. The largest absolute Gasteiger partial charge is 0.384 e. The molecule has 20 heavy (non-hydrogen) atoms. The first-order chi connectivity index (χ1) is 9.29. The second kappa shape index (κ2) is 6.22. The van der Waals surface area contributed by atoms with Crippen LogP contribution >= 0.6 is 0 Å². The van der Waals surface area contributed by atoms with Crippen molar-refractivity contribution in [1.82, 2.24) is 5.32 Å². The van der Waals surface area contributed by atoms with Crippen LogP contribution in [0.15, 0.2) is 18.2 Å². The molecule has 4 N–H and O–H groups in total. The quantitative estimate of drug-likeness (QED) is 0.694. The minimum atomic E-state index is -1.13. The van der Waals surface area contributed by atoms with Crippen molar-refractivity contribution in [2.75, 3.05) is 6.61 Å².